The van der Waals surface area contributed by atoms with Crippen molar-refractivity contribution in [2.45, 2.75) is 52.2 Å². The zero-order chi connectivity index (χ0) is 15.2. The van der Waals surface area contributed by atoms with Gasteiger partial charge in [-0.3, -0.25) is 4.79 Å². The third kappa shape index (κ3) is 4.81. The van der Waals surface area contributed by atoms with Gasteiger partial charge >= 0.3 is 0 Å². The van der Waals surface area contributed by atoms with Crippen LogP contribution in [0.25, 0.3) is 0 Å². The van der Waals surface area contributed by atoms with E-state index in [0.29, 0.717) is 36.2 Å². The summed E-state index contributed by atoms with van der Waals surface area (Å²) in [6.45, 7) is 6.10. The molecule has 1 aromatic rings. The Morgan fingerprint density at radius 3 is 2.86 bits per heavy atom. The van der Waals surface area contributed by atoms with E-state index < -0.39 is 0 Å². The average molecular weight is 358 g/mol. The highest BCUT2D eigenvalue weighted by Gasteiger charge is 2.15. The summed E-state index contributed by atoms with van der Waals surface area (Å²) in [5.41, 5.74) is 0.639. The predicted octanol–water partition coefficient (Wildman–Crippen LogP) is 3.03. The molecule has 118 valence electrons. The highest BCUT2D eigenvalue weighted by molar-refractivity contribution is 9.10. The fraction of sp³-hybridized carbons (Fsp3) is 0.733. The molecule has 1 aliphatic rings. The van der Waals surface area contributed by atoms with Crippen LogP contribution in [0, 0.1) is 5.92 Å². The molecule has 1 saturated carbocycles. The van der Waals surface area contributed by atoms with Gasteiger partial charge in [-0.2, -0.15) is 5.10 Å². The normalized spacial score (nSPS) is 15.8. The van der Waals surface area contributed by atoms with E-state index >= 15 is 0 Å². The summed E-state index contributed by atoms with van der Waals surface area (Å²) >= 11 is 3.36. The molecule has 0 radical (unpaired) electrons. The van der Waals surface area contributed by atoms with E-state index in [4.69, 9.17) is 4.74 Å². The first-order valence-electron chi connectivity index (χ1n) is 7.69. The molecule has 0 saturated heterocycles. The summed E-state index contributed by atoms with van der Waals surface area (Å²) < 4.78 is 7.83. The minimum atomic E-state index is -0.0922. The Bertz CT molecular complexity index is 510. The fourth-order valence-electron chi connectivity index (χ4n) is 2.53. The number of nitrogens with zero attached hydrogens (tertiary/aromatic N) is 2. The molecule has 0 spiro atoms. The SMILES string of the molecule is CC(C)Cn1ncc(NCCOC2CCCC2)c(Br)c1=O. The number of anilines is 1. The molecule has 1 fully saturated rings. The average Bonchev–Trinajstić information content (AvgIpc) is 2.95. The van der Waals surface area contributed by atoms with Crippen LogP contribution in [0.5, 0.6) is 0 Å². The second kappa shape index (κ2) is 7.94. The van der Waals surface area contributed by atoms with Crippen molar-refractivity contribution in [2.24, 2.45) is 5.92 Å². The Labute approximate surface area is 134 Å². The van der Waals surface area contributed by atoms with Crippen LogP contribution < -0.4 is 10.9 Å². The van der Waals surface area contributed by atoms with Crippen LogP contribution in [-0.4, -0.2) is 29.0 Å². The molecule has 0 bridgehead atoms. The predicted molar refractivity (Wildman–Crippen MR) is 87.7 cm³/mol. The Balaban J connectivity index is 1.85. The maximum Gasteiger partial charge on any atom is 0.283 e. The van der Waals surface area contributed by atoms with Gasteiger partial charge in [0.15, 0.2) is 0 Å². The van der Waals surface area contributed by atoms with E-state index in [1.54, 1.807) is 6.20 Å². The molecule has 5 nitrogen and oxygen atoms in total. The van der Waals surface area contributed by atoms with Crippen molar-refractivity contribution in [1.82, 2.24) is 9.78 Å². The summed E-state index contributed by atoms with van der Waals surface area (Å²) in [5.74, 6) is 0.390. The quantitative estimate of drug-likeness (QED) is 0.762. The number of ether oxygens (including phenoxy) is 1. The minimum Gasteiger partial charge on any atom is -0.380 e. The van der Waals surface area contributed by atoms with Gasteiger partial charge in [-0.25, -0.2) is 4.68 Å². The third-order valence-corrected chi connectivity index (χ3v) is 4.36. The number of rotatable bonds is 7. The first kappa shape index (κ1) is 16.5. The smallest absolute Gasteiger partial charge is 0.283 e. The molecule has 1 aliphatic carbocycles. The maximum absolute atomic E-state index is 12.1. The van der Waals surface area contributed by atoms with Crippen LogP contribution in [0.4, 0.5) is 5.69 Å². The molecule has 6 heteroatoms. The van der Waals surface area contributed by atoms with Crippen molar-refractivity contribution >= 4 is 21.6 Å². The highest BCUT2D eigenvalue weighted by Crippen LogP contribution is 2.21. The van der Waals surface area contributed by atoms with E-state index in [1.165, 1.54) is 30.4 Å². The Hall–Kier alpha value is -0.880. The molecule has 2 rings (SSSR count). The molecule has 1 heterocycles. The monoisotopic (exact) mass is 357 g/mol. The standard InChI is InChI=1S/C15H24BrN3O2/c1-11(2)10-19-15(20)14(16)13(9-18-19)17-7-8-21-12-5-3-4-6-12/h9,11-12,17H,3-8,10H2,1-2H3. The third-order valence-electron chi connectivity index (χ3n) is 3.60. The molecule has 0 amide bonds. The van der Waals surface area contributed by atoms with Crippen LogP contribution in [0.15, 0.2) is 15.5 Å². The summed E-state index contributed by atoms with van der Waals surface area (Å²) in [6, 6.07) is 0. The maximum atomic E-state index is 12.1. The van der Waals surface area contributed by atoms with E-state index in [2.05, 4.69) is 40.2 Å². The molecule has 0 atom stereocenters. The molecule has 21 heavy (non-hydrogen) atoms. The number of hydrogen-bond donors (Lipinski definition) is 1. The van der Waals surface area contributed by atoms with E-state index in [-0.39, 0.29) is 5.56 Å². The van der Waals surface area contributed by atoms with Gasteiger partial charge in [0.2, 0.25) is 0 Å². The largest absolute Gasteiger partial charge is 0.380 e. The highest BCUT2D eigenvalue weighted by atomic mass is 79.9. The molecule has 1 N–H and O–H groups in total. The number of hydrogen-bond acceptors (Lipinski definition) is 4. The second-order valence-corrected chi connectivity index (χ2v) is 6.75. The summed E-state index contributed by atoms with van der Waals surface area (Å²) in [4.78, 5) is 12.1. The van der Waals surface area contributed by atoms with Crippen molar-refractivity contribution in [2.75, 3.05) is 18.5 Å². The van der Waals surface area contributed by atoms with Crippen molar-refractivity contribution < 1.29 is 4.74 Å². The minimum absolute atomic E-state index is 0.0922. The molecular formula is C15H24BrN3O2. The van der Waals surface area contributed by atoms with Crippen LogP contribution in [0.1, 0.15) is 39.5 Å². The van der Waals surface area contributed by atoms with E-state index in [1.807, 2.05) is 0 Å². The molecular weight excluding hydrogens is 334 g/mol. The topological polar surface area (TPSA) is 56.1 Å². The molecule has 0 unspecified atom stereocenters. The van der Waals surface area contributed by atoms with E-state index in [0.717, 1.165) is 5.69 Å². The van der Waals surface area contributed by atoms with E-state index in [9.17, 15) is 4.79 Å². The Morgan fingerprint density at radius 1 is 1.48 bits per heavy atom. The molecule has 0 aromatic carbocycles. The van der Waals surface area contributed by atoms with Crippen LogP contribution in [-0.2, 0) is 11.3 Å². The summed E-state index contributed by atoms with van der Waals surface area (Å²) in [6.07, 6.45) is 7.03. The number of halogens is 1. The first-order chi connectivity index (χ1) is 10.1. The molecule has 1 aromatic heterocycles. The lowest BCUT2D eigenvalue weighted by atomic mass is 10.2. The van der Waals surface area contributed by atoms with Gasteiger partial charge in [0.1, 0.15) is 4.47 Å². The van der Waals surface area contributed by atoms with Crippen LogP contribution >= 0.6 is 15.9 Å². The van der Waals surface area contributed by atoms with Crippen molar-refractivity contribution in [3.8, 4) is 0 Å². The van der Waals surface area contributed by atoms with Gasteiger partial charge in [-0.1, -0.05) is 26.7 Å². The van der Waals surface area contributed by atoms with Gasteiger partial charge in [-0.05, 0) is 34.7 Å². The lowest BCUT2D eigenvalue weighted by molar-refractivity contribution is 0.0659. The first-order valence-corrected chi connectivity index (χ1v) is 8.48. The number of nitrogens with one attached hydrogen (secondary N) is 1. The fourth-order valence-corrected chi connectivity index (χ4v) is 2.98. The van der Waals surface area contributed by atoms with Crippen LogP contribution in [0.3, 0.4) is 0 Å². The van der Waals surface area contributed by atoms with Gasteiger partial charge < -0.3 is 10.1 Å². The lowest BCUT2D eigenvalue weighted by Gasteiger charge is -2.13. The van der Waals surface area contributed by atoms with Gasteiger partial charge in [0, 0.05) is 13.1 Å². The molecule has 0 aliphatic heterocycles. The number of aromatic nitrogens is 2. The zero-order valence-electron chi connectivity index (χ0n) is 12.8. The second-order valence-electron chi connectivity index (χ2n) is 5.96. The lowest BCUT2D eigenvalue weighted by Crippen LogP contribution is -2.27. The van der Waals surface area contributed by atoms with Crippen molar-refractivity contribution in [3.05, 3.63) is 21.0 Å². The van der Waals surface area contributed by atoms with Crippen molar-refractivity contribution in [3.63, 3.8) is 0 Å². The van der Waals surface area contributed by atoms with Gasteiger partial charge in [-0.15, -0.1) is 0 Å². The van der Waals surface area contributed by atoms with Crippen LogP contribution in [0.2, 0.25) is 0 Å². The summed E-state index contributed by atoms with van der Waals surface area (Å²) in [5, 5.41) is 7.42. The Morgan fingerprint density at radius 2 is 2.19 bits per heavy atom. The Kier molecular flexibility index (Phi) is 6.23. The van der Waals surface area contributed by atoms with Gasteiger partial charge in [0.05, 0.1) is 24.6 Å². The van der Waals surface area contributed by atoms with Crippen molar-refractivity contribution in [1.29, 1.82) is 0 Å². The summed E-state index contributed by atoms with van der Waals surface area (Å²) in [7, 11) is 0. The van der Waals surface area contributed by atoms with Gasteiger partial charge in [0.25, 0.3) is 5.56 Å². The zero-order valence-corrected chi connectivity index (χ0v) is 14.4.